The number of hydrogen-bond donors (Lipinski definition) is 1. The highest BCUT2D eigenvalue weighted by Gasteiger charge is 2.24. The fourth-order valence-electron chi connectivity index (χ4n) is 3.23. The minimum atomic E-state index is -0.926. The number of phenols is 1. The lowest BCUT2D eigenvalue weighted by Crippen LogP contribution is -2.17. The molecule has 8 heteroatoms. The fourth-order valence-corrected chi connectivity index (χ4v) is 3.34. The van der Waals surface area contributed by atoms with Crippen molar-refractivity contribution < 1.29 is 28.2 Å². The molecular weight excluding hydrogens is 416 g/mol. The van der Waals surface area contributed by atoms with Crippen LogP contribution in [-0.4, -0.2) is 27.7 Å². The lowest BCUT2D eigenvalue weighted by molar-refractivity contribution is -0.147. The number of halogens is 3. The Kier molecular flexibility index (Phi) is 6.12. The maximum atomic E-state index is 14.1. The van der Waals surface area contributed by atoms with Crippen LogP contribution in [0.2, 0.25) is 5.02 Å². The monoisotopic (exact) mass is 435 g/mol. The molecule has 0 aliphatic heterocycles. The number of phenolic OH excluding ortho intramolecular Hbond substituents is 1. The largest absolute Gasteiger partial charge is 0.505 e. The number of rotatable bonds is 5. The summed E-state index contributed by atoms with van der Waals surface area (Å²) >= 11 is 5.69. The van der Waals surface area contributed by atoms with Crippen molar-refractivity contribution in [3.8, 4) is 5.75 Å². The highest BCUT2D eigenvalue weighted by molar-refractivity contribution is 6.30. The van der Waals surface area contributed by atoms with Gasteiger partial charge in [-0.1, -0.05) is 18.5 Å². The fraction of sp³-hybridized carbons (Fsp3) is 0.273. The average Bonchev–Trinajstić information content (AvgIpc) is 2.94. The van der Waals surface area contributed by atoms with Crippen molar-refractivity contribution in [3.63, 3.8) is 0 Å². The van der Waals surface area contributed by atoms with Crippen molar-refractivity contribution in [2.24, 2.45) is 0 Å². The summed E-state index contributed by atoms with van der Waals surface area (Å²) in [5, 5.41) is 10.0. The van der Waals surface area contributed by atoms with Crippen LogP contribution < -0.4 is 0 Å². The minimum Gasteiger partial charge on any atom is -0.505 e. The smallest absolute Gasteiger partial charge is 0.310 e. The van der Waals surface area contributed by atoms with Crippen molar-refractivity contribution in [1.29, 1.82) is 0 Å². The van der Waals surface area contributed by atoms with Crippen molar-refractivity contribution >= 4 is 34.4 Å². The number of aromatic hydroxyl groups is 1. The molecular formula is C22H20ClF2NO4. The molecule has 0 aliphatic rings. The molecule has 0 spiro atoms. The molecule has 3 aromatic rings. The standard InChI is InChI=1S/C22H20ClF2NO4/c1-4-11(2)30-21(28)9-14-12(3)26(19-10-18(25)20(27)8-15(14)19)22(29)13-5-6-16(23)17(24)7-13/h5-8,10-11,27H,4,9H2,1-3H3. The summed E-state index contributed by atoms with van der Waals surface area (Å²) in [7, 11) is 0. The second-order valence-corrected chi connectivity index (χ2v) is 7.45. The molecule has 0 aliphatic carbocycles. The summed E-state index contributed by atoms with van der Waals surface area (Å²) in [5.41, 5.74) is 0.918. The van der Waals surface area contributed by atoms with Gasteiger partial charge in [0.1, 0.15) is 5.82 Å². The van der Waals surface area contributed by atoms with E-state index in [9.17, 15) is 23.5 Å². The molecule has 1 atom stereocenters. The number of esters is 1. The van der Waals surface area contributed by atoms with Crippen LogP contribution in [0, 0.1) is 18.6 Å². The van der Waals surface area contributed by atoms with E-state index >= 15 is 0 Å². The highest BCUT2D eigenvalue weighted by Crippen LogP contribution is 2.32. The van der Waals surface area contributed by atoms with Gasteiger partial charge in [0.25, 0.3) is 5.91 Å². The molecule has 0 saturated carbocycles. The Hall–Kier alpha value is -2.93. The third-order valence-electron chi connectivity index (χ3n) is 5.00. The van der Waals surface area contributed by atoms with E-state index in [4.69, 9.17) is 16.3 Å². The van der Waals surface area contributed by atoms with Gasteiger partial charge in [-0.3, -0.25) is 14.2 Å². The lowest BCUT2D eigenvalue weighted by atomic mass is 10.1. The Morgan fingerprint density at radius 2 is 1.90 bits per heavy atom. The van der Waals surface area contributed by atoms with E-state index in [0.29, 0.717) is 23.1 Å². The van der Waals surface area contributed by atoms with Gasteiger partial charge in [0.05, 0.1) is 23.1 Å². The number of fused-ring (bicyclic) bond motifs is 1. The van der Waals surface area contributed by atoms with E-state index < -0.39 is 29.3 Å². The normalized spacial score (nSPS) is 12.2. The lowest BCUT2D eigenvalue weighted by Gasteiger charge is -2.11. The Morgan fingerprint density at radius 3 is 2.53 bits per heavy atom. The zero-order valence-corrected chi connectivity index (χ0v) is 17.4. The van der Waals surface area contributed by atoms with Crippen LogP contribution in [0.5, 0.6) is 5.75 Å². The van der Waals surface area contributed by atoms with E-state index in [1.54, 1.807) is 13.8 Å². The van der Waals surface area contributed by atoms with Gasteiger partial charge >= 0.3 is 5.97 Å². The van der Waals surface area contributed by atoms with Crippen molar-refractivity contribution in [3.05, 3.63) is 63.8 Å². The molecule has 158 valence electrons. The quantitative estimate of drug-likeness (QED) is 0.562. The second-order valence-electron chi connectivity index (χ2n) is 7.04. The van der Waals surface area contributed by atoms with Crippen LogP contribution in [0.25, 0.3) is 10.9 Å². The zero-order chi connectivity index (χ0) is 22.2. The van der Waals surface area contributed by atoms with Gasteiger partial charge in [-0.15, -0.1) is 0 Å². The van der Waals surface area contributed by atoms with Gasteiger partial charge in [0, 0.05) is 22.7 Å². The Balaban J connectivity index is 2.15. The first-order valence-corrected chi connectivity index (χ1v) is 9.73. The van der Waals surface area contributed by atoms with Crippen LogP contribution in [0.1, 0.15) is 41.9 Å². The van der Waals surface area contributed by atoms with Gasteiger partial charge < -0.3 is 9.84 Å². The molecule has 1 N–H and O–H groups in total. The molecule has 1 aromatic heterocycles. The number of carbonyl (C=O) groups is 2. The number of aromatic nitrogens is 1. The van der Waals surface area contributed by atoms with Crippen LogP contribution in [-0.2, 0) is 16.0 Å². The van der Waals surface area contributed by atoms with Crippen LogP contribution in [0.3, 0.4) is 0 Å². The molecule has 0 fully saturated rings. The topological polar surface area (TPSA) is 68.5 Å². The predicted octanol–water partition coefficient (Wildman–Crippen LogP) is 5.16. The van der Waals surface area contributed by atoms with Gasteiger partial charge in [-0.25, -0.2) is 8.78 Å². The summed E-state index contributed by atoms with van der Waals surface area (Å²) in [6.45, 7) is 5.22. The first-order chi connectivity index (χ1) is 14.1. The summed E-state index contributed by atoms with van der Waals surface area (Å²) in [4.78, 5) is 25.5. The second kappa shape index (κ2) is 8.44. The molecule has 0 bridgehead atoms. The highest BCUT2D eigenvalue weighted by atomic mass is 35.5. The maximum Gasteiger partial charge on any atom is 0.310 e. The first kappa shape index (κ1) is 21.8. The van der Waals surface area contributed by atoms with Crippen molar-refractivity contribution in [1.82, 2.24) is 4.57 Å². The number of nitrogens with zero attached hydrogens (tertiary/aromatic N) is 1. The SMILES string of the molecule is CCC(C)OC(=O)Cc1c(C)n(C(=O)c2ccc(Cl)c(F)c2)c2cc(F)c(O)cc12. The molecule has 3 rings (SSSR count). The molecule has 1 unspecified atom stereocenters. The molecule has 0 saturated heterocycles. The zero-order valence-electron chi connectivity index (χ0n) is 16.6. The van der Waals surface area contributed by atoms with Crippen molar-refractivity contribution in [2.45, 2.75) is 39.7 Å². The van der Waals surface area contributed by atoms with Crippen LogP contribution in [0.4, 0.5) is 8.78 Å². The summed E-state index contributed by atoms with van der Waals surface area (Å²) in [5.74, 6) is -3.44. The van der Waals surface area contributed by atoms with Crippen molar-refractivity contribution in [2.75, 3.05) is 0 Å². The molecule has 0 radical (unpaired) electrons. The number of carbonyl (C=O) groups excluding carboxylic acids is 2. The van der Waals surface area contributed by atoms with Crippen LogP contribution >= 0.6 is 11.6 Å². The van der Waals surface area contributed by atoms with E-state index in [2.05, 4.69) is 0 Å². The number of benzene rings is 2. The van der Waals surface area contributed by atoms with E-state index in [0.717, 1.165) is 18.2 Å². The molecule has 30 heavy (non-hydrogen) atoms. The average molecular weight is 436 g/mol. The van der Waals surface area contributed by atoms with Gasteiger partial charge in [-0.05, 0) is 50.1 Å². The summed E-state index contributed by atoms with van der Waals surface area (Å²) in [6.07, 6.45) is 0.183. The molecule has 5 nitrogen and oxygen atoms in total. The maximum absolute atomic E-state index is 14.1. The minimum absolute atomic E-state index is 0.000820. The molecule has 1 heterocycles. The van der Waals surface area contributed by atoms with E-state index in [1.807, 2.05) is 6.92 Å². The third kappa shape index (κ3) is 4.03. The number of ether oxygens (including phenoxy) is 1. The predicted molar refractivity (Wildman–Crippen MR) is 109 cm³/mol. The first-order valence-electron chi connectivity index (χ1n) is 9.35. The summed E-state index contributed by atoms with van der Waals surface area (Å²) in [6, 6.07) is 5.76. The molecule has 2 aromatic carbocycles. The van der Waals surface area contributed by atoms with Gasteiger partial charge in [0.15, 0.2) is 11.6 Å². The summed E-state index contributed by atoms with van der Waals surface area (Å²) < 4.78 is 34.5. The van der Waals surface area contributed by atoms with Crippen LogP contribution in [0.15, 0.2) is 30.3 Å². The number of hydrogen-bond acceptors (Lipinski definition) is 4. The Labute approximate surface area is 176 Å². The Morgan fingerprint density at radius 1 is 1.20 bits per heavy atom. The van der Waals surface area contributed by atoms with E-state index in [1.165, 1.54) is 16.7 Å². The van der Waals surface area contributed by atoms with E-state index in [-0.39, 0.29) is 28.6 Å². The Bertz CT molecular complexity index is 1160. The third-order valence-corrected chi connectivity index (χ3v) is 5.31. The van der Waals surface area contributed by atoms with Gasteiger partial charge in [0.2, 0.25) is 0 Å². The van der Waals surface area contributed by atoms with Gasteiger partial charge in [-0.2, -0.15) is 0 Å². The molecule has 0 amide bonds.